The van der Waals surface area contributed by atoms with Crippen molar-refractivity contribution in [3.05, 3.63) is 11.1 Å². The number of unbranched alkanes of at least 4 members (excludes halogenated alkanes) is 3. The highest BCUT2D eigenvalue weighted by atomic mass is 16.3. The average Bonchev–Trinajstić information content (AvgIpc) is 2.19. The molecule has 0 aromatic carbocycles. The Hall–Kier alpha value is -0.740. The summed E-state index contributed by atoms with van der Waals surface area (Å²) in [5.74, 6) is 5.89. The van der Waals surface area contributed by atoms with E-state index in [4.69, 9.17) is 0 Å². The summed E-state index contributed by atoms with van der Waals surface area (Å²) in [7, 11) is 0. The zero-order valence-electron chi connectivity index (χ0n) is 11.5. The molecule has 0 unspecified atom stereocenters. The number of aliphatic hydroxyl groups is 1. The van der Waals surface area contributed by atoms with Crippen LogP contribution in [-0.2, 0) is 0 Å². The molecule has 0 aromatic rings. The highest BCUT2D eigenvalue weighted by Gasteiger charge is 2.05. The minimum atomic E-state index is -0.885. The summed E-state index contributed by atoms with van der Waals surface area (Å²) in [4.78, 5) is 0. The van der Waals surface area contributed by atoms with Crippen LogP contribution in [0.3, 0.4) is 0 Å². The fraction of sp³-hybridized carbons (Fsp3) is 0.733. The number of hydrogen-bond donors (Lipinski definition) is 1. The van der Waals surface area contributed by atoms with E-state index in [9.17, 15) is 5.11 Å². The van der Waals surface area contributed by atoms with Crippen LogP contribution in [-0.4, -0.2) is 10.7 Å². The third-order valence-corrected chi connectivity index (χ3v) is 2.60. The SMILES string of the molecule is CCCCCCC(C)=C(C)C#CC(C)(C)O. The van der Waals surface area contributed by atoms with E-state index in [1.165, 1.54) is 31.3 Å². The molecule has 0 aliphatic carbocycles. The first-order valence-corrected chi connectivity index (χ1v) is 6.28. The maximum absolute atomic E-state index is 9.50. The van der Waals surface area contributed by atoms with Gasteiger partial charge in [-0.15, -0.1) is 0 Å². The summed E-state index contributed by atoms with van der Waals surface area (Å²) in [5.41, 5.74) is 1.58. The Balaban J connectivity index is 4.19. The molecule has 0 aliphatic rings. The van der Waals surface area contributed by atoms with Crippen LogP contribution in [0, 0.1) is 11.8 Å². The molecule has 0 aromatic heterocycles. The molecule has 0 radical (unpaired) electrons. The highest BCUT2D eigenvalue weighted by Crippen LogP contribution is 2.13. The molecule has 0 heterocycles. The predicted octanol–water partition coefficient (Wildman–Crippen LogP) is 4.07. The summed E-state index contributed by atoms with van der Waals surface area (Å²) in [5, 5.41) is 9.50. The summed E-state index contributed by atoms with van der Waals surface area (Å²) >= 11 is 0. The van der Waals surface area contributed by atoms with Crippen LogP contribution in [0.2, 0.25) is 0 Å². The summed E-state index contributed by atoms with van der Waals surface area (Å²) in [6, 6.07) is 0. The van der Waals surface area contributed by atoms with E-state index in [2.05, 4.69) is 25.7 Å². The van der Waals surface area contributed by atoms with Gasteiger partial charge >= 0.3 is 0 Å². The molecule has 92 valence electrons. The Morgan fingerprint density at radius 3 is 2.25 bits per heavy atom. The van der Waals surface area contributed by atoms with Crippen molar-refractivity contribution in [2.24, 2.45) is 0 Å². The molecule has 0 aliphatic heterocycles. The van der Waals surface area contributed by atoms with Crippen LogP contribution in [0.15, 0.2) is 11.1 Å². The van der Waals surface area contributed by atoms with Crippen LogP contribution in [0.4, 0.5) is 0 Å². The fourth-order valence-electron chi connectivity index (χ4n) is 1.36. The molecule has 16 heavy (non-hydrogen) atoms. The number of rotatable bonds is 5. The van der Waals surface area contributed by atoms with E-state index < -0.39 is 5.60 Å². The van der Waals surface area contributed by atoms with Gasteiger partial charge in [-0.1, -0.05) is 43.6 Å². The van der Waals surface area contributed by atoms with Gasteiger partial charge in [0.1, 0.15) is 5.60 Å². The Bertz CT molecular complexity index is 281. The average molecular weight is 222 g/mol. The first-order chi connectivity index (χ1) is 7.37. The molecule has 1 heteroatoms. The molecule has 0 bridgehead atoms. The van der Waals surface area contributed by atoms with Crippen molar-refractivity contribution < 1.29 is 5.11 Å². The minimum absolute atomic E-state index is 0.885. The van der Waals surface area contributed by atoms with Crippen LogP contribution in [0.1, 0.15) is 66.7 Å². The third-order valence-electron chi connectivity index (χ3n) is 2.60. The summed E-state index contributed by atoms with van der Waals surface area (Å²) in [6.45, 7) is 9.82. The molecule has 0 amide bonds. The second-order valence-corrected chi connectivity index (χ2v) is 5.03. The van der Waals surface area contributed by atoms with Crippen molar-refractivity contribution in [1.29, 1.82) is 0 Å². The van der Waals surface area contributed by atoms with Crippen molar-refractivity contribution >= 4 is 0 Å². The molecular weight excluding hydrogens is 196 g/mol. The lowest BCUT2D eigenvalue weighted by Gasteiger charge is -2.07. The topological polar surface area (TPSA) is 20.2 Å². The van der Waals surface area contributed by atoms with E-state index in [-0.39, 0.29) is 0 Å². The van der Waals surface area contributed by atoms with Gasteiger partial charge in [0.2, 0.25) is 0 Å². The third kappa shape index (κ3) is 8.56. The van der Waals surface area contributed by atoms with Crippen molar-refractivity contribution in [3.8, 4) is 11.8 Å². The van der Waals surface area contributed by atoms with Crippen LogP contribution in [0.25, 0.3) is 0 Å². The fourth-order valence-corrected chi connectivity index (χ4v) is 1.36. The normalized spacial score (nSPS) is 12.9. The monoisotopic (exact) mass is 222 g/mol. The molecule has 1 nitrogen and oxygen atoms in total. The molecule has 1 N–H and O–H groups in total. The zero-order valence-corrected chi connectivity index (χ0v) is 11.5. The lowest BCUT2D eigenvalue weighted by atomic mass is 10.0. The molecule has 0 atom stereocenters. The molecule has 0 fully saturated rings. The second-order valence-electron chi connectivity index (χ2n) is 5.03. The first kappa shape index (κ1) is 15.3. The van der Waals surface area contributed by atoms with Gasteiger partial charge in [-0.2, -0.15) is 0 Å². The van der Waals surface area contributed by atoms with E-state index in [0.717, 1.165) is 12.0 Å². The van der Waals surface area contributed by atoms with Crippen molar-refractivity contribution in [2.75, 3.05) is 0 Å². The van der Waals surface area contributed by atoms with Gasteiger partial charge in [0.05, 0.1) is 0 Å². The van der Waals surface area contributed by atoms with Gasteiger partial charge < -0.3 is 5.11 Å². The summed E-state index contributed by atoms with van der Waals surface area (Å²) in [6.07, 6.45) is 6.29. The van der Waals surface area contributed by atoms with Gasteiger partial charge in [0, 0.05) is 0 Å². The number of hydrogen-bond acceptors (Lipinski definition) is 1. The smallest absolute Gasteiger partial charge is 0.120 e. The van der Waals surface area contributed by atoms with Crippen molar-refractivity contribution in [3.63, 3.8) is 0 Å². The lowest BCUT2D eigenvalue weighted by molar-refractivity contribution is 0.143. The maximum atomic E-state index is 9.50. The Labute approximate surface area is 101 Å². The molecular formula is C15H26O. The number of allylic oxidation sites excluding steroid dienone is 2. The molecule has 0 spiro atoms. The largest absolute Gasteiger partial charge is 0.378 e. The Morgan fingerprint density at radius 1 is 1.12 bits per heavy atom. The zero-order chi connectivity index (χ0) is 12.6. The Kier molecular flexibility index (Phi) is 7.17. The van der Waals surface area contributed by atoms with Crippen molar-refractivity contribution in [1.82, 2.24) is 0 Å². The van der Waals surface area contributed by atoms with Gasteiger partial charge in [-0.25, -0.2) is 0 Å². The second kappa shape index (κ2) is 7.52. The standard InChI is InChI=1S/C15H26O/c1-6-7-8-9-10-13(2)14(3)11-12-15(4,5)16/h16H,6-10H2,1-5H3. The van der Waals surface area contributed by atoms with E-state index in [1.807, 2.05) is 6.92 Å². The molecule has 0 rings (SSSR count). The van der Waals surface area contributed by atoms with E-state index >= 15 is 0 Å². The Morgan fingerprint density at radius 2 is 1.75 bits per heavy atom. The molecule has 0 saturated carbocycles. The van der Waals surface area contributed by atoms with E-state index in [0.29, 0.717) is 0 Å². The first-order valence-electron chi connectivity index (χ1n) is 6.28. The van der Waals surface area contributed by atoms with E-state index in [1.54, 1.807) is 13.8 Å². The quantitative estimate of drug-likeness (QED) is 0.549. The predicted molar refractivity (Wildman–Crippen MR) is 71.2 cm³/mol. The minimum Gasteiger partial charge on any atom is -0.378 e. The lowest BCUT2D eigenvalue weighted by Crippen LogP contribution is -2.14. The van der Waals surface area contributed by atoms with Gasteiger partial charge in [0.15, 0.2) is 0 Å². The van der Waals surface area contributed by atoms with Crippen LogP contribution in [0.5, 0.6) is 0 Å². The molecule has 0 saturated heterocycles. The van der Waals surface area contributed by atoms with Gasteiger partial charge in [-0.3, -0.25) is 0 Å². The van der Waals surface area contributed by atoms with Crippen molar-refractivity contribution in [2.45, 2.75) is 72.3 Å². The summed E-state index contributed by atoms with van der Waals surface area (Å²) < 4.78 is 0. The highest BCUT2D eigenvalue weighted by molar-refractivity contribution is 5.33. The van der Waals surface area contributed by atoms with Gasteiger partial charge in [-0.05, 0) is 46.1 Å². The maximum Gasteiger partial charge on any atom is 0.120 e. The van der Waals surface area contributed by atoms with Crippen LogP contribution < -0.4 is 0 Å². The van der Waals surface area contributed by atoms with Crippen LogP contribution >= 0.6 is 0 Å². The van der Waals surface area contributed by atoms with Gasteiger partial charge in [0.25, 0.3) is 0 Å².